The Morgan fingerprint density at radius 1 is 0.387 bits per heavy atom. The molecular weight excluding hydrogens is 1310 g/mol. The first kappa shape index (κ1) is 90.5. The molecule has 6 aliphatic heterocycles. The minimum atomic E-state index is -3.51. The Kier molecular flexibility index (Phi) is 30.5. The molecule has 0 N–H and O–H groups in total. The molecule has 0 bridgehead atoms. The van der Waals surface area contributed by atoms with E-state index in [1.165, 1.54) is 0 Å². The number of rotatable bonds is 18. The smallest absolute Gasteiger partial charge is 0.264 e. The molecule has 6 saturated heterocycles. The van der Waals surface area contributed by atoms with E-state index in [1.54, 1.807) is 0 Å². The van der Waals surface area contributed by atoms with Crippen LogP contribution in [0.15, 0.2) is 0 Å². The molecule has 0 spiro atoms. The Morgan fingerprint density at radius 2 is 0.806 bits per heavy atom. The van der Waals surface area contributed by atoms with Gasteiger partial charge in [-0.25, -0.2) is 0 Å². The van der Waals surface area contributed by atoms with Gasteiger partial charge in [0.05, 0.1) is 54.1 Å². The molecule has 18 nitrogen and oxygen atoms in total. The van der Waals surface area contributed by atoms with Crippen molar-refractivity contribution < 1.29 is 75.6 Å². The fourth-order valence-corrected chi connectivity index (χ4v) is 26.7. The van der Waals surface area contributed by atoms with Crippen LogP contribution in [-0.2, 0) is 85.8 Å². The molecule has 14 unspecified atom stereocenters. The van der Waals surface area contributed by atoms with Crippen molar-refractivity contribution in [1.29, 1.82) is 0 Å². The van der Waals surface area contributed by atoms with E-state index in [2.05, 4.69) is 83.1 Å². The summed E-state index contributed by atoms with van der Waals surface area (Å²) < 4.78 is 173. The summed E-state index contributed by atoms with van der Waals surface area (Å²) >= 11 is 0. The van der Waals surface area contributed by atoms with Gasteiger partial charge in [0, 0.05) is 22.7 Å². The summed E-state index contributed by atoms with van der Waals surface area (Å²) in [6.07, 6.45) is 11.4. The molecule has 6 fully saturated rings. The molecule has 0 aromatic carbocycles. The molecule has 0 radical (unpaired) electrons. The van der Waals surface area contributed by atoms with Gasteiger partial charge in [-0.2, -0.15) is 50.5 Å². The highest BCUT2D eigenvalue weighted by atomic mass is 32.2. The van der Waals surface area contributed by atoms with E-state index in [0.717, 1.165) is 44.9 Å². The van der Waals surface area contributed by atoms with E-state index in [4.69, 9.17) is 25.1 Å². The first-order chi connectivity index (χ1) is 41.1. The highest BCUT2D eigenvalue weighted by Crippen LogP contribution is 2.58. The zero-order valence-corrected chi connectivity index (χ0v) is 69.4. The molecule has 0 aromatic rings. The van der Waals surface area contributed by atoms with Crippen LogP contribution in [0.1, 0.15) is 318 Å². The van der Waals surface area contributed by atoms with Crippen LogP contribution < -0.4 is 0 Å². The monoisotopic (exact) mass is 1450 g/mol. The van der Waals surface area contributed by atoms with E-state index in [0.29, 0.717) is 80.5 Å². The van der Waals surface area contributed by atoms with Crippen LogP contribution in [0, 0.1) is 58.2 Å². The van der Waals surface area contributed by atoms with Crippen molar-refractivity contribution in [2.45, 2.75) is 382 Å². The van der Waals surface area contributed by atoms with Crippen LogP contribution in [0.5, 0.6) is 0 Å². The van der Waals surface area contributed by atoms with Gasteiger partial charge in [-0.15, -0.1) is 0 Å². The lowest BCUT2D eigenvalue weighted by atomic mass is 9.65. The highest BCUT2D eigenvalue weighted by Gasteiger charge is 2.67. The molecule has 0 saturated carbocycles. The Bertz CT molecular complexity index is 3130. The first-order valence-electron chi connectivity index (χ1n) is 34.8. The SMILES string of the molecule is CCC(C)CC1(C)C(C)(C)C(C)(C)OS1(=O)=O.CCC(C)CC1(C)C(C)C(C)(C)OS1(=O)=O.CCC(C)CC1(C)CC(C)(C)OS1(=O)=O.CCC(C)CC1C(C)(C)C(C)(C)OS1(=O)=O.CCC(C)CC1C(C)C(C)(C)OS1(=O)=O.CCC(C)CC1CC(C)(C)OS1(=O)=O. The van der Waals surface area contributed by atoms with Crippen LogP contribution in [0.25, 0.3) is 0 Å². The fraction of sp³-hybridized carbons (Fsp3) is 1.00. The molecule has 14 atom stereocenters. The van der Waals surface area contributed by atoms with E-state index < -0.39 is 114 Å². The van der Waals surface area contributed by atoms with Crippen LogP contribution in [0.3, 0.4) is 0 Å². The Hall–Kier alpha value is -0.540. The van der Waals surface area contributed by atoms with Crippen molar-refractivity contribution in [2.24, 2.45) is 58.2 Å². The fourth-order valence-electron chi connectivity index (χ4n) is 13.6. The van der Waals surface area contributed by atoms with Gasteiger partial charge in [-0.05, 0) is 191 Å². The summed E-state index contributed by atoms with van der Waals surface area (Å²) in [4.78, 5) is 0. The van der Waals surface area contributed by atoms with Gasteiger partial charge in [0.15, 0.2) is 0 Å². The van der Waals surface area contributed by atoms with Gasteiger partial charge in [0.1, 0.15) is 9.49 Å². The third-order valence-corrected chi connectivity index (χ3v) is 36.4. The quantitative estimate of drug-likeness (QED) is 0.115. The lowest BCUT2D eigenvalue weighted by molar-refractivity contribution is 0.0131. The molecule has 558 valence electrons. The maximum absolute atomic E-state index is 12.3. The Balaban J connectivity index is 0.000000559. The molecule has 93 heavy (non-hydrogen) atoms. The summed E-state index contributed by atoms with van der Waals surface area (Å²) in [5, 5.41) is -1.01. The van der Waals surface area contributed by atoms with Crippen molar-refractivity contribution >= 4 is 60.7 Å². The average Bonchev–Trinajstić information content (AvgIpc) is 1.56. The van der Waals surface area contributed by atoms with Crippen LogP contribution in [0.4, 0.5) is 0 Å². The van der Waals surface area contributed by atoms with Crippen molar-refractivity contribution in [3.63, 3.8) is 0 Å². The van der Waals surface area contributed by atoms with Crippen molar-refractivity contribution in [2.75, 3.05) is 0 Å². The van der Waals surface area contributed by atoms with Crippen LogP contribution in [-0.4, -0.2) is 114 Å². The molecule has 0 aromatic heterocycles. The third kappa shape index (κ3) is 21.3. The van der Waals surface area contributed by atoms with E-state index in [9.17, 15) is 50.5 Å². The summed E-state index contributed by atoms with van der Waals surface area (Å²) in [7, 11) is -20.4. The lowest BCUT2D eigenvalue weighted by Crippen LogP contribution is -2.50. The predicted molar refractivity (Wildman–Crippen MR) is 381 cm³/mol. The second kappa shape index (κ2) is 31.4. The second-order valence-electron chi connectivity index (χ2n) is 34.4. The summed E-state index contributed by atoms with van der Waals surface area (Å²) in [6, 6.07) is 0. The van der Waals surface area contributed by atoms with Crippen LogP contribution >= 0.6 is 0 Å². The Labute approximate surface area is 572 Å². The van der Waals surface area contributed by atoms with Gasteiger partial charge in [0.25, 0.3) is 60.7 Å². The number of hydrogen-bond acceptors (Lipinski definition) is 18. The standard InChI is InChI=1S/C13H26O3S.2C12H24O3S.2C11H22O3S.C10H20O3S/c1-8-10(2)9-13(7)11(3,4)12(5,6)16-17(13,14)15;1-7-9(2)8-10-11(3,4)12(5,6)15-16(10,13)14;1-7-9(2)8-12(6)10(3)11(4,5)15-16(12,13)14;1-6-9(2)7-11(5)8-10(3,4)14-15(11,12)13;1-6-8(2)7-10-9(3)11(4,5)14-15(10,12)13;1-5-8(2)6-9-7-10(3,4)13-14(9,11)12/h10H,8-9H2,1-7H3;2*9-10H,7-8H2,1-6H3;9H,6-8H2,1-5H3;8-10H,6-7H2,1-5H3;8-9H,5-7H2,1-4H3. The van der Waals surface area contributed by atoms with Crippen molar-refractivity contribution in [3.8, 4) is 0 Å². The molecule has 6 aliphatic rings. The first-order valence-corrected chi connectivity index (χ1v) is 43.4. The van der Waals surface area contributed by atoms with Crippen molar-refractivity contribution in [1.82, 2.24) is 0 Å². The lowest BCUT2D eigenvalue weighted by Gasteiger charge is -2.41. The zero-order chi connectivity index (χ0) is 74.0. The van der Waals surface area contributed by atoms with E-state index >= 15 is 0 Å². The van der Waals surface area contributed by atoms with E-state index in [-0.39, 0.29) is 33.0 Å². The molecule has 24 heteroatoms. The van der Waals surface area contributed by atoms with Gasteiger partial charge >= 0.3 is 0 Å². The maximum Gasteiger partial charge on any atom is 0.274 e. The van der Waals surface area contributed by atoms with Gasteiger partial charge in [0.2, 0.25) is 0 Å². The highest BCUT2D eigenvalue weighted by molar-refractivity contribution is 7.89. The third-order valence-electron chi connectivity index (χ3n) is 23.5. The average molecular weight is 1450 g/mol. The normalized spacial score (nSPS) is 34.9. The van der Waals surface area contributed by atoms with Gasteiger partial charge in [-0.1, -0.05) is 163 Å². The summed E-state index contributed by atoms with van der Waals surface area (Å²) in [6.45, 7) is 64.7. The van der Waals surface area contributed by atoms with E-state index in [1.807, 2.05) is 145 Å². The molecule has 0 amide bonds. The molecular formula is C69H138O18S6. The largest absolute Gasteiger partial charge is 0.274 e. The molecule has 6 rings (SSSR count). The minimum absolute atomic E-state index is 0.0130. The van der Waals surface area contributed by atoms with Gasteiger partial charge < -0.3 is 0 Å². The molecule has 6 heterocycles. The zero-order valence-electron chi connectivity index (χ0n) is 64.5. The maximum atomic E-state index is 12.3. The second-order valence-corrected chi connectivity index (χ2v) is 45.7. The topological polar surface area (TPSA) is 260 Å². The predicted octanol–water partition coefficient (Wildman–Crippen LogP) is 16.9. The summed E-state index contributed by atoms with van der Waals surface area (Å²) in [5.74, 6) is 2.58. The van der Waals surface area contributed by atoms with Gasteiger partial charge in [-0.3, -0.25) is 25.1 Å². The summed E-state index contributed by atoms with van der Waals surface area (Å²) in [5.41, 5.74) is -4.16. The Morgan fingerprint density at radius 3 is 1.13 bits per heavy atom. The van der Waals surface area contributed by atoms with Crippen molar-refractivity contribution in [3.05, 3.63) is 0 Å². The minimum Gasteiger partial charge on any atom is -0.264 e. The van der Waals surface area contributed by atoms with Crippen LogP contribution in [0.2, 0.25) is 0 Å². The molecule has 0 aliphatic carbocycles. The number of hydrogen-bond donors (Lipinski definition) is 0.